The van der Waals surface area contributed by atoms with Gasteiger partial charge in [0.2, 0.25) is 0 Å². The Labute approximate surface area is 196 Å². The van der Waals surface area contributed by atoms with Crippen LogP contribution < -0.4 is 0 Å². The van der Waals surface area contributed by atoms with Crippen molar-refractivity contribution in [2.45, 2.75) is 57.5 Å². The minimum Gasteiger partial charge on any atom is -0.368 e. The van der Waals surface area contributed by atoms with Crippen molar-refractivity contribution in [2.75, 3.05) is 7.11 Å². The van der Waals surface area contributed by atoms with Gasteiger partial charge in [-0.2, -0.15) is 0 Å². The van der Waals surface area contributed by atoms with Crippen molar-refractivity contribution in [3.05, 3.63) is 108 Å². The maximum absolute atomic E-state index is 6.46. The summed E-state index contributed by atoms with van der Waals surface area (Å²) in [5, 5.41) is 0. The number of rotatable bonds is 10. The molecule has 1 saturated heterocycles. The van der Waals surface area contributed by atoms with Gasteiger partial charge in [-0.3, -0.25) is 0 Å². The largest absolute Gasteiger partial charge is 0.368 e. The molecule has 1 aliphatic rings. The fourth-order valence-corrected chi connectivity index (χ4v) is 4.06. The lowest BCUT2D eigenvalue weighted by atomic mass is 9.98. The zero-order valence-electron chi connectivity index (χ0n) is 19.2. The maximum atomic E-state index is 6.46. The third kappa shape index (κ3) is 6.50. The van der Waals surface area contributed by atoms with Gasteiger partial charge >= 0.3 is 0 Å². The lowest BCUT2D eigenvalue weighted by Crippen LogP contribution is -2.59. The number of methoxy groups -OCH3 is 1. The molecule has 0 radical (unpaired) electrons. The first-order valence-electron chi connectivity index (χ1n) is 11.4. The second-order valence-corrected chi connectivity index (χ2v) is 8.23. The lowest BCUT2D eigenvalue weighted by molar-refractivity contribution is -0.314. The monoisotopic (exact) mass is 448 g/mol. The summed E-state index contributed by atoms with van der Waals surface area (Å²) in [6, 6.07) is 30.3. The Bertz CT molecular complexity index is 934. The Hall–Kier alpha value is -2.54. The van der Waals surface area contributed by atoms with E-state index in [4.69, 9.17) is 23.7 Å². The topological polar surface area (TPSA) is 46.2 Å². The Morgan fingerprint density at radius 3 is 1.39 bits per heavy atom. The molecule has 0 N–H and O–H groups in total. The van der Waals surface area contributed by atoms with E-state index in [9.17, 15) is 0 Å². The van der Waals surface area contributed by atoms with Gasteiger partial charge in [-0.05, 0) is 23.6 Å². The Morgan fingerprint density at radius 1 is 0.576 bits per heavy atom. The van der Waals surface area contributed by atoms with Gasteiger partial charge in [-0.25, -0.2) is 0 Å². The second-order valence-electron chi connectivity index (χ2n) is 8.23. The van der Waals surface area contributed by atoms with Gasteiger partial charge in [-0.1, -0.05) is 91.0 Å². The number of benzene rings is 3. The van der Waals surface area contributed by atoms with E-state index in [-0.39, 0.29) is 18.3 Å². The molecule has 1 aliphatic heterocycles. The van der Waals surface area contributed by atoms with Crippen LogP contribution in [0.2, 0.25) is 0 Å². The highest BCUT2D eigenvalue weighted by Gasteiger charge is 2.47. The summed E-state index contributed by atoms with van der Waals surface area (Å²) in [6.45, 7) is 3.34. The molecule has 0 amide bonds. The highest BCUT2D eigenvalue weighted by molar-refractivity contribution is 5.15. The molecule has 3 aromatic carbocycles. The van der Waals surface area contributed by atoms with Crippen LogP contribution in [0.3, 0.4) is 0 Å². The normalized spacial score (nSPS) is 25.1. The molecule has 1 heterocycles. The quantitative estimate of drug-likeness (QED) is 0.430. The summed E-state index contributed by atoms with van der Waals surface area (Å²) in [6.07, 6.45) is -1.92. The molecule has 0 aliphatic carbocycles. The van der Waals surface area contributed by atoms with E-state index in [1.54, 1.807) is 7.11 Å². The molecule has 5 atom stereocenters. The average molecular weight is 449 g/mol. The van der Waals surface area contributed by atoms with Crippen molar-refractivity contribution >= 4 is 0 Å². The van der Waals surface area contributed by atoms with Crippen LogP contribution >= 0.6 is 0 Å². The van der Waals surface area contributed by atoms with E-state index in [1.165, 1.54) is 0 Å². The summed E-state index contributed by atoms with van der Waals surface area (Å²) < 4.78 is 31.0. The lowest BCUT2D eigenvalue weighted by Gasteiger charge is -2.44. The van der Waals surface area contributed by atoms with Crippen LogP contribution in [0.5, 0.6) is 0 Å². The highest BCUT2D eigenvalue weighted by Crippen LogP contribution is 2.30. The molecule has 5 heteroatoms. The van der Waals surface area contributed by atoms with Crippen molar-refractivity contribution < 1.29 is 23.7 Å². The average Bonchev–Trinajstić information content (AvgIpc) is 2.87. The summed E-state index contributed by atoms with van der Waals surface area (Å²) >= 11 is 0. The number of ether oxygens (including phenoxy) is 5. The first-order chi connectivity index (χ1) is 16.2. The zero-order valence-corrected chi connectivity index (χ0v) is 19.2. The predicted octanol–water partition coefficient (Wildman–Crippen LogP) is 5.13. The van der Waals surface area contributed by atoms with Gasteiger partial charge in [0.25, 0.3) is 0 Å². The molecule has 5 nitrogen and oxygen atoms in total. The van der Waals surface area contributed by atoms with E-state index in [0.717, 1.165) is 16.7 Å². The molecule has 4 rings (SSSR count). The van der Waals surface area contributed by atoms with E-state index in [1.807, 2.05) is 73.7 Å². The van der Waals surface area contributed by atoms with Crippen molar-refractivity contribution in [1.29, 1.82) is 0 Å². The van der Waals surface area contributed by atoms with Crippen LogP contribution in [0.4, 0.5) is 0 Å². The third-order valence-electron chi connectivity index (χ3n) is 5.82. The van der Waals surface area contributed by atoms with E-state index in [0.29, 0.717) is 19.8 Å². The SMILES string of the molecule is COC1O[C@@H](C)[C@H](OCc2ccccc2)[C@H](OCc2ccccc2)[C@H]1OCc1ccccc1. The molecule has 174 valence electrons. The minimum atomic E-state index is -0.555. The predicted molar refractivity (Wildman–Crippen MR) is 126 cm³/mol. The summed E-state index contributed by atoms with van der Waals surface area (Å²) in [5.74, 6) is 0. The van der Waals surface area contributed by atoms with E-state index in [2.05, 4.69) is 24.3 Å². The van der Waals surface area contributed by atoms with E-state index >= 15 is 0 Å². The second kappa shape index (κ2) is 12.1. The zero-order chi connectivity index (χ0) is 22.9. The summed E-state index contributed by atoms with van der Waals surface area (Å²) in [5.41, 5.74) is 3.27. The van der Waals surface area contributed by atoms with Crippen molar-refractivity contribution in [3.8, 4) is 0 Å². The standard InChI is InChI=1S/C28H32O5/c1-21-25(30-18-22-12-6-3-7-13-22)26(31-19-23-14-8-4-9-15-23)27(28(29-2)33-21)32-20-24-16-10-5-11-17-24/h3-17,21,25-28H,18-20H2,1-2H3/t21-,25-,26-,27+,28?/m0/s1. The molecule has 0 spiro atoms. The van der Waals surface area contributed by atoms with Gasteiger partial charge in [-0.15, -0.1) is 0 Å². The van der Waals surface area contributed by atoms with Crippen LogP contribution in [-0.2, 0) is 43.5 Å². The van der Waals surface area contributed by atoms with Gasteiger partial charge in [0, 0.05) is 7.11 Å². The third-order valence-corrected chi connectivity index (χ3v) is 5.82. The van der Waals surface area contributed by atoms with Crippen LogP contribution in [0.1, 0.15) is 23.6 Å². The molecular formula is C28H32O5. The summed E-state index contributed by atoms with van der Waals surface area (Å²) in [7, 11) is 1.63. The Balaban J connectivity index is 1.53. The van der Waals surface area contributed by atoms with Crippen LogP contribution in [0.15, 0.2) is 91.0 Å². The molecule has 0 bridgehead atoms. The first kappa shape index (κ1) is 23.6. The Kier molecular flexibility index (Phi) is 8.64. The van der Waals surface area contributed by atoms with Gasteiger partial charge in [0.1, 0.15) is 18.3 Å². The van der Waals surface area contributed by atoms with Crippen molar-refractivity contribution in [2.24, 2.45) is 0 Å². The molecule has 1 unspecified atom stereocenters. The molecule has 33 heavy (non-hydrogen) atoms. The minimum absolute atomic E-state index is 0.226. The smallest absolute Gasteiger partial charge is 0.186 e. The molecule has 0 aromatic heterocycles. The fraction of sp³-hybridized carbons (Fsp3) is 0.357. The number of hydrogen-bond donors (Lipinski definition) is 0. The van der Waals surface area contributed by atoms with Crippen LogP contribution in [0.25, 0.3) is 0 Å². The maximum Gasteiger partial charge on any atom is 0.186 e. The van der Waals surface area contributed by atoms with Crippen molar-refractivity contribution in [1.82, 2.24) is 0 Å². The van der Waals surface area contributed by atoms with Crippen LogP contribution in [-0.4, -0.2) is 37.8 Å². The molecule has 1 fully saturated rings. The van der Waals surface area contributed by atoms with Gasteiger partial charge in [0.05, 0.1) is 25.9 Å². The van der Waals surface area contributed by atoms with E-state index < -0.39 is 12.4 Å². The van der Waals surface area contributed by atoms with Crippen LogP contribution in [0, 0.1) is 0 Å². The first-order valence-corrected chi connectivity index (χ1v) is 11.4. The van der Waals surface area contributed by atoms with Gasteiger partial charge < -0.3 is 23.7 Å². The van der Waals surface area contributed by atoms with Gasteiger partial charge in [0.15, 0.2) is 6.29 Å². The number of hydrogen-bond acceptors (Lipinski definition) is 5. The molecule has 0 saturated carbocycles. The van der Waals surface area contributed by atoms with Crippen molar-refractivity contribution in [3.63, 3.8) is 0 Å². The molecular weight excluding hydrogens is 416 g/mol. The Morgan fingerprint density at radius 2 is 0.970 bits per heavy atom. The molecule has 3 aromatic rings. The highest BCUT2D eigenvalue weighted by atomic mass is 16.7. The summed E-state index contributed by atoms with van der Waals surface area (Å²) in [4.78, 5) is 0. The fourth-order valence-electron chi connectivity index (χ4n) is 4.06.